The molecule has 2 aliphatic rings. The monoisotopic (exact) mass is 330 g/mol. The molecule has 5 heteroatoms. The van der Waals surface area contributed by atoms with Gasteiger partial charge in [0.2, 0.25) is 11.8 Å². The minimum absolute atomic E-state index is 0.0471. The van der Waals surface area contributed by atoms with Crippen molar-refractivity contribution >= 4 is 11.8 Å². The van der Waals surface area contributed by atoms with Crippen molar-refractivity contribution in [3.05, 3.63) is 29.8 Å². The summed E-state index contributed by atoms with van der Waals surface area (Å²) in [7, 11) is 0. The number of likely N-dealkylation sites (tertiary alicyclic amines) is 2. The largest absolute Gasteiger partial charge is 0.486 e. The maximum atomic E-state index is 12.6. The van der Waals surface area contributed by atoms with Gasteiger partial charge < -0.3 is 14.5 Å². The molecule has 0 aromatic heterocycles. The maximum Gasteiger partial charge on any atom is 0.228 e. The molecule has 2 saturated heterocycles. The van der Waals surface area contributed by atoms with Crippen LogP contribution >= 0.6 is 0 Å². The Balaban J connectivity index is 1.52. The van der Waals surface area contributed by atoms with Gasteiger partial charge in [0.1, 0.15) is 11.9 Å². The molecule has 0 saturated carbocycles. The molecule has 3 rings (SSSR count). The molecule has 0 unspecified atom stereocenters. The van der Waals surface area contributed by atoms with Crippen LogP contribution in [0.5, 0.6) is 5.75 Å². The fourth-order valence-electron chi connectivity index (χ4n) is 3.34. The molecule has 1 aromatic carbocycles. The highest BCUT2D eigenvalue weighted by Crippen LogP contribution is 2.29. The van der Waals surface area contributed by atoms with E-state index < -0.39 is 0 Å². The number of amides is 2. The maximum absolute atomic E-state index is 12.6. The van der Waals surface area contributed by atoms with E-state index in [-0.39, 0.29) is 29.4 Å². The molecule has 0 N–H and O–H groups in total. The van der Waals surface area contributed by atoms with Gasteiger partial charge in [-0.05, 0) is 39.3 Å². The summed E-state index contributed by atoms with van der Waals surface area (Å²) < 4.78 is 5.95. The molecule has 0 spiro atoms. The Morgan fingerprint density at radius 3 is 2.42 bits per heavy atom. The highest BCUT2D eigenvalue weighted by atomic mass is 16.5. The molecule has 2 heterocycles. The van der Waals surface area contributed by atoms with Gasteiger partial charge in [-0.15, -0.1) is 0 Å². The van der Waals surface area contributed by atoms with Gasteiger partial charge in [0.25, 0.3) is 0 Å². The van der Waals surface area contributed by atoms with E-state index in [4.69, 9.17) is 4.74 Å². The van der Waals surface area contributed by atoms with Gasteiger partial charge in [0.05, 0.1) is 19.0 Å². The van der Waals surface area contributed by atoms with E-state index in [1.54, 1.807) is 0 Å². The van der Waals surface area contributed by atoms with E-state index in [9.17, 15) is 9.59 Å². The van der Waals surface area contributed by atoms with Gasteiger partial charge in [-0.1, -0.05) is 18.2 Å². The second kappa shape index (κ2) is 6.11. The van der Waals surface area contributed by atoms with Crippen LogP contribution in [-0.4, -0.2) is 52.9 Å². The van der Waals surface area contributed by atoms with Gasteiger partial charge in [0.15, 0.2) is 0 Å². The molecular formula is C19H26N2O3. The predicted octanol–water partition coefficient (Wildman–Crippen LogP) is 2.23. The summed E-state index contributed by atoms with van der Waals surface area (Å²) >= 11 is 0. The molecule has 2 fully saturated rings. The van der Waals surface area contributed by atoms with Crippen LogP contribution in [0.2, 0.25) is 0 Å². The lowest BCUT2D eigenvalue weighted by Crippen LogP contribution is -2.58. The minimum Gasteiger partial charge on any atom is -0.486 e. The second-order valence-corrected chi connectivity index (χ2v) is 7.82. The number of aryl methyl sites for hydroxylation is 1. The molecule has 1 aromatic rings. The fraction of sp³-hybridized carbons (Fsp3) is 0.579. The second-order valence-electron chi connectivity index (χ2n) is 7.82. The fourth-order valence-corrected chi connectivity index (χ4v) is 3.34. The molecule has 0 bridgehead atoms. The van der Waals surface area contributed by atoms with Crippen LogP contribution < -0.4 is 4.74 Å². The van der Waals surface area contributed by atoms with Gasteiger partial charge >= 0.3 is 0 Å². The van der Waals surface area contributed by atoms with Crippen molar-refractivity contribution in [2.24, 2.45) is 5.92 Å². The van der Waals surface area contributed by atoms with Gasteiger partial charge in [-0.25, -0.2) is 0 Å². The van der Waals surface area contributed by atoms with Crippen molar-refractivity contribution in [2.75, 3.05) is 19.6 Å². The summed E-state index contributed by atoms with van der Waals surface area (Å²) in [6, 6.07) is 7.91. The SMILES string of the molecule is Cc1ccccc1OC1CN(C(=O)[C@H]2CC(=O)N(C(C)(C)C)C2)C1. The number of carbonyl (C=O) groups is 2. The van der Waals surface area contributed by atoms with E-state index in [1.165, 1.54) is 0 Å². The zero-order chi connectivity index (χ0) is 17.5. The number of rotatable bonds is 3. The first-order valence-electron chi connectivity index (χ1n) is 8.57. The third-order valence-electron chi connectivity index (χ3n) is 4.83. The van der Waals surface area contributed by atoms with Crippen molar-refractivity contribution in [3.8, 4) is 5.75 Å². The van der Waals surface area contributed by atoms with Crippen molar-refractivity contribution in [2.45, 2.75) is 45.8 Å². The number of benzene rings is 1. The van der Waals surface area contributed by atoms with E-state index in [2.05, 4.69) is 0 Å². The third-order valence-corrected chi connectivity index (χ3v) is 4.83. The zero-order valence-electron chi connectivity index (χ0n) is 14.9. The Hall–Kier alpha value is -2.04. The Bertz CT molecular complexity index is 644. The number of hydrogen-bond acceptors (Lipinski definition) is 3. The summed E-state index contributed by atoms with van der Waals surface area (Å²) in [5.74, 6) is 0.828. The first-order valence-corrected chi connectivity index (χ1v) is 8.57. The van der Waals surface area contributed by atoms with Crippen LogP contribution in [-0.2, 0) is 9.59 Å². The molecule has 5 nitrogen and oxygen atoms in total. The first-order chi connectivity index (χ1) is 11.3. The Morgan fingerprint density at radius 2 is 1.83 bits per heavy atom. The number of ether oxygens (including phenoxy) is 1. The molecule has 1 atom stereocenters. The van der Waals surface area contributed by atoms with Crippen molar-refractivity contribution < 1.29 is 14.3 Å². The lowest BCUT2D eigenvalue weighted by atomic mass is 10.0. The highest BCUT2D eigenvalue weighted by molar-refractivity contribution is 5.90. The molecular weight excluding hydrogens is 304 g/mol. The summed E-state index contributed by atoms with van der Waals surface area (Å²) in [5, 5.41) is 0. The predicted molar refractivity (Wildman–Crippen MR) is 91.7 cm³/mol. The average Bonchev–Trinajstić information content (AvgIpc) is 2.85. The molecule has 0 radical (unpaired) electrons. The number of para-hydroxylation sites is 1. The van der Waals surface area contributed by atoms with Gasteiger partial charge in [-0.2, -0.15) is 0 Å². The highest BCUT2D eigenvalue weighted by Gasteiger charge is 2.43. The summed E-state index contributed by atoms with van der Waals surface area (Å²) in [6.45, 7) is 9.78. The molecule has 130 valence electrons. The Kier molecular flexibility index (Phi) is 4.28. The van der Waals surface area contributed by atoms with E-state index in [0.29, 0.717) is 26.1 Å². The van der Waals surface area contributed by atoms with E-state index in [0.717, 1.165) is 11.3 Å². The van der Waals surface area contributed by atoms with Crippen LogP contribution in [0.25, 0.3) is 0 Å². The van der Waals surface area contributed by atoms with Crippen LogP contribution in [0.1, 0.15) is 32.8 Å². The quantitative estimate of drug-likeness (QED) is 0.854. The lowest BCUT2D eigenvalue weighted by molar-refractivity contribution is -0.144. The van der Waals surface area contributed by atoms with Crippen LogP contribution in [0, 0.1) is 12.8 Å². The van der Waals surface area contributed by atoms with Gasteiger partial charge in [-0.3, -0.25) is 9.59 Å². The van der Waals surface area contributed by atoms with Gasteiger partial charge in [0, 0.05) is 18.5 Å². The summed E-state index contributed by atoms with van der Waals surface area (Å²) in [6.07, 6.45) is 0.376. The number of nitrogens with zero attached hydrogens (tertiary/aromatic N) is 2. The molecule has 2 aliphatic heterocycles. The Morgan fingerprint density at radius 1 is 1.17 bits per heavy atom. The van der Waals surface area contributed by atoms with E-state index in [1.807, 2.05) is 61.8 Å². The van der Waals surface area contributed by atoms with Crippen LogP contribution in [0.15, 0.2) is 24.3 Å². The van der Waals surface area contributed by atoms with Crippen molar-refractivity contribution in [1.82, 2.24) is 9.80 Å². The van der Waals surface area contributed by atoms with Crippen LogP contribution in [0.3, 0.4) is 0 Å². The average molecular weight is 330 g/mol. The van der Waals surface area contributed by atoms with Crippen molar-refractivity contribution in [1.29, 1.82) is 0 Å². The first kappa shape index (κ1) is 16.8. The smallest absolute Gasteiger partial charge is 0.228 e. The van der Waals surface area contributed by atoms with Crippen molar-refractivity contribution in [3.63, 3.8) is 0 Å². The number of hydrogen-bond donors (Lipinski definition) is 0. The zero-order valence-corrected chi connectivity index (χ0v) is 14.9. The molecule has 24 heavy (non-hydrogen) atoms. The molecule has 2 amide bonds. The summed E-state index contributed by atoms with van der Waals surface area (Å²) in [5.41, 5.74) is 0.877. The molecule has 0 aliphatic carbocycles. The normalized spacial score (nSPS) is 21.8. The lowest BCUT2D eigenvalue weighted by Gasteiger charge is -2.40. The number of carbonyl (C=O) groups excluding carboxylic acids is 2. The third kappa shape index (κ3) is 3.25. The minimum atomic E-state index is -0.225. The topological polar surface area (TPSA) is 49.9 Å². The van der Waals surface area contributed by atoms with E-state index >= 15 is 0 Å². The summed E-state index contributed by atoms with van der Waals surface area (Å²) in [4.78, 5) is 28.4. The van der Waals surface area contributed by atoms with Crippen LogP contribution in [0.4, 0.5) is 0 Å². The standard InChI is InChI=1S/C19H26N2O3/c1-13-7-5-6-8-16(13)24-15-11-20(12-15)18(23)14-9-17(22)21(10-14)19(2,3)4/h5-8,14-15H,9-12H2,1-4H3/t14-/m0/s1. The Labute approximate surface area is 143 Å².